The minimum Gasteiger partial charge on any atom is -0.497 e. The van der Waals surface area contributed by atoms with Gasteiger partial charge >= 0.3 is 6.18 Å². The third-order valence-corrected chi connectivity index (χ3v) is 9.99. The summed E-state index contributed by atoms with van der Waals surface area (Å²) in [6.07, 6.45) is -2.70. The molecule has 0 spiro atoms. The lowest BCUT2D eigenvalue weighted by molar-refractivity contribution is -0.137. The van der Waals surface area contributed by atoms with E-state index in [9.17, 15) is 26.4 Å². The topological polar surface area (TPSA) is 87.7 Å². The SMILES string of the molecule is COc1cccc(C(=O)NCc2ccc(S(=O)(=O)N3CCC(NCCc4cccc(C(F)(F)F)c4)CC3)s2)c1. The summed E-state index contributed by atoms with van der Waals surface area (Å²) in [6.45, 7) is 1.41. The van der Waals surface area contributed by atoms with Gasteiger partial charge in [-0.3, -0.25) is 4.79 Å². The number of carbonyl (C=O) groups excluding carboxylic acids is 1. The van der Waals surface area contributed by atoms with E-state index in [-0.39, 0.29) is 22.7 Å². The van der Waals surface area contributed by atoms with Crippen LogP contribution in [-0.2, 0) is 29.2 Å². The highest BCUT2D eigenvalue weighted by Gasteiger charge is 2.31. The van der Waals surface area contributed by atoms with E-state index in [1.807, 2.05) is 0 Å². The van der Waals surface area contributed by atoms with Gasteiger partial charge < -0.3 is 15.4 Å². The van der Waals surface area contributed by atoms with Crippen LogP contribution in [-0.4, -0.2) is 51.4 Å². The van der Waals surface area contributed by atoms with Crippen LogP contribution in [0.1, 0.15) is 39.2 Å². The number of piperidine rings is 1. The molecule has 39 heavy (non-hydrogen) atoms. The zero-order valence-electron chi connectivity index (χ0n) is 21.3. The summed E-state index contributed by atoms with van der Waals surface area (Å²) in [7, 11) is -2.14. The van der Waals surface area contributed by atoms with Crippen molar-refractivity contribution in [3.8, 4) is 5.75 Å². The molecule has 2 aromatic carbocycles. The molecule has 0 bridgehead atoms. The van der Waals surface area contributed by atoms with Gasteiger partial charge in [0, 0.05) is 29.6 Å². The Hall–Kier alpha value is -2.93. The Kier molecular flexibility index (Phi) is 9.31. The zero-order valence-corrected chi connectivity index (χ0v) is 23.0. The molecule has 2 heterocycles. The summed E-state index contributed by atoms with van der Waals surface area (Å²) in [5.41, 5.74) is 0.394. The van der Waals surface area contributed by atoms with Gasteiger partial charge in [-0.25, -0.2) is 8.42 Å². The molecule has 1 aromatic heterocycles. The van der Waals surface area contributed by atoms with Gasteiger partial charge in [0.2, 0.25) is 0 Å². The van der Waals surface area contributed by atoms with Crippen LogP contribution in [0.15, 0.2) is 64.9 Å². The first-order valence-electron chi connectivity index (χ1n) is 12.5. The van der Waals surface area contributed by atoms with E-state index in [1.54, 1.807) is 42.5 Å². The van der Waals surface area contributed by atoms with Crippen molar-refractivity contribution >= 4 is 27.3 Å². The molecule has 2 N–H and O–H groups in total. The minimum absolute atomic E-state index is 0.0907. The molecule has 3 aromatic rings. The van der Waals surface area contributed by atoms with E-state index in [1.165, 1.54) is 17.5 Å². The third kappa shape index (κ3) is 7.59. The number of hydrogen-bond donors (Lipinski definition) is 2. The van der Waals surface area contributed by atoms with Crippen LogP contribution < -0.4 is 15.4 Å². The Balaban J connectivity index is 1.24. The number of ether oxygens (including phenoxy) is 1. The molecule has 0 aliphatic carbocycles. The van der Waals surface area contributed by atoms with Crippen molar-refractivity contribution in [3.05, 3.63) is 82.2 Å². The molecule has 12 heteroatoms. The van der Waals surface area contributed by atoms with Gasteiger partial charge in [-0.1, -0.05) is 24.3 Å². The molecule has 0 atom stereocenters. The number of sulfonamides is 1. The van der Waals surface area contributed by atoms with Crippen molar-refractivity contribution in [2.24, 2.45) is 0 Å². The average molecular weight is 582 g/mol. The first-order valence-corrected chi connectivity index (χ1v) is 14.7. The fourth-order valence-electron chi connectivity index (χ4n) is 4.38. The number of halogens is 3. The average Bonchev–Trinajstić information content (AvgIpc) is 3.42. The lowest BCUT2D eigenvalue weighted by Gasteiger charge is -2.31. The standard InChI is InChI=1S/C27H30F3N3O4S2/c1-37-23-7-3-5-20(17-23)26(34)32-18-24-8-9-25(38-24)39(35,36)33-14-11-22(12-15-33)31-13-10-19-4-2-6-21(16-19)27(28,29)30/h2-9,16-17,22,31H,10-15,18H2,1H3,(H,32,34). The van der Waals surface area contributed by atoms with Crippen molar-refractivity contribution in [2.75, 3.05) is 26.7 Å². The number of hydrogen-bond acceptors (Lipinski definition) is 6. The highest BCUT2D eigenvalue weighted by atomic mass is 32.2. The molecule has 210 valence electrons. The van der Waals surface area contributed by atoms with Crippen LogP contribution in [0.5, 0.6) is 5.75 Å². The number of carbonyl (C=O) groups is 1. The number of amides is 1. The lowest BCUT2D eigenvalue weighted by atomic mass is 10.1. The summed E-state index contributed by atoms with van der Waals surface area (Å²) in [5, 5.41) is 6.15. The van der Waals surface area contributed by atoms with Gasteiger partial charge in [0.25, 0.3) is 15.9 Å². The summed E-state index contributed by atoms with van der Waals surface area (Å²) >= 11 is 1.13. The van der Waals surface area contributed by atoms with Crippen molar-refractivity contribution < 1.29 is 31.1 Å². The second kappa shape index (κ2) is 12.5. The van der Waals surface area contributed by atoms with Crippen LogP contribution >= 0.6 is 11.3 Å². The van der Waals surface area contributed by atoms with Crippen LogP contribution in [0, 0.1) is 0 Å². The number of thiophene rings is 1. The molecular weight excluding hydrogens is 551 g/mol. The molecule has 7 nitrogen and oxygen atoms in total. The first-order chi connectivity index (χ1) is 18.6. The molecular formula is C27H30F3N3O4S2. The van der Waals surface area contributed by atoms with Crippen LogP contribution in [0.25, 0.3) is 0 Å². The summed E-state index contributed by atoms with van der Waals surface area (Å²) in [5.74, 6) is 0.288. The van der Waals surface area contributed by atoms with Gasteiger partial charge in [0.15, 0.2) is 0 Å². The number of methoxy groups -OCH3 is 1. The Morgan fingerprint density at radius 2 is 1.82 bits per heavy atom. The first kappa shape index (κ1) is 29.1. The molecule has 0 radical (unpaired) electrons. The summed E-state index contributed by atoms with van der Waals surface area (Å²) in [4.78, 5) is 13.2. The van der Waals surface area contributed by atoms with Crippen LogP contribution in [0.4, 0.5) is 13.2 Å². The van der Waals surface area contributed by atoms with E-state index in [0.29, 0.717) is 55.8 Å². The second-order valence-electron chi connectivity index (χ2n) is 9.22. The smallest absolute Gasteiger partial charge is 0.416 e. The Morgan fingerprint density at radius 3 is 2.54 bits per heavy atom. The number of rotatable bonds is 10. The van der Waals surface area contributed by atoms with Crippen molar-refractivity contribution in [1.82, 2.24) is 14.9 Å². The molecule has 1 aliphatic heterocycles. The summed E-state index contributed by atoms with van der Waals surface area (Å²) < 4.78 is 71.9. The largest absolute Gasteiger partial charge is 0.497 e. The van der Waals surface area contributed by atoms with E-state index in [4.69, 9.17) is 4.74 Å². The zero-order chi connectivity index (χ0) is 28.0. The van der Waals surface area contributed by atoms with Gasteiger partial charge in [0.05, 0.1) is 19.2 Å². The van der Waals surface area contributed by atoms with Gasteiger partial charge in [-0.2, -0.15) is 17.5 Å². The second-order valence-corrected chi connectivity index (χ2v) is 12.5. The fraction of sp³-hybridized carbons (Fsp3) is 0.370. The van der Waals surface area contributed by atoms with Crippen LogP contribution in [0.2, 0.25) is 0 Å². The van der Waals surface area contributed by atoms with Crippen LogP contribution in [0.3, 0.4) is 0 Å². The lowest BCUT2D eigenvalue weighted by Crippen LogP contribution is -2.45. The fourth-order valence-corrected chi connectivity index (χ4v) is 7.30. The quantitative estimate of drug-likeness (QED) is 0.363. The summed E-state index contributed by atoms with van der Waals surface area (Å²) in [6, 6.07) is 15.4. The number of nitrogens with one attached hydrogen (secondary N) is 2. The maximum atomic E-state index is 13.2. The maximum absolute atomic E-state index is 13.2. The Bertz CT molecular complexity index is 1380. The normalized spacial score (nSPS) is 15.3. The Morgan fingerprint density at radius 1 is 1.08 bits per heavy atom. The third-order valence-electron chi connectivity index (χ3n) is 6.54. The van der Waals surface area contributed by atoms with E-state index in [2.05, 4.69) is 10.6 Å². The van der Waals surface area contributed by atoms with Gasteiger partial charge in [-0.15, -0.1) is 11.3 Å². The maximum Gasteiger partial charge on any atom is 0.416 e. The highest BCUT2D eigenvalue weighted by molar-refractivity contribution is 7.91. The van der Waals surface area contributed by atoms with Crippen molar-refractivity contribution in [2.45, 2.75) is 42.2 Å². The predicted molar refractivity (Wildman–Crippen MR) is 143 cm³/mol. The van der Waals surface area contributed by atoms with E-state index in [0.717, 1.165) is 28.3 Å². The molecule has 1 fully saturated rings. The highest BCUT2D eigenvalue weighted by Crippen LogP contribution is 2.30. The molecule has 1 aliphatic rings. The van der Waals surface area contributed by atoms with Crippen molar-refractivity contribution in [3.63, 3.8) is 0 Å². The predicted octanol–water partition coefficient (Wildman–Crippen LogP) is 4.69. The molecule has 1 saturated heterocycles. The molecule has 4 rings (SSSR count). The van der Waals surface area contributed by atoms with E-state index >= 15 is 0 Å². The number of alkyl halides is 3. The van der Waals surface area contributed by atoms with Crippen molar-refractivity contribution in [1.29, 1.82) is 0 Å². The monoisotopic (exact) mass is 581 g/mol. The van der Waals surface area contributed by atoms with Gasteiger partial charge in [0.1, 0.15) is 9.96 Å². The molecule has 0 unspecified atom stereocenters. The molecule has 0 saturated carbocycles. The van der Waals surface area contributed by atoms with E-state index < -0.39 is 21.8 Å². The Labute approximate surface area is 230 Å². The molecule has 1 amide bonds. The van der Waals surface area contributed by atoms with Gasteiger partial charge in [-0.05, 0) is 67.8 Å². The minimum atomic E-state index is -4.37. The number of nitrogens with zero attached hydrogens (tertiary/aromatic N) is 1. The number of benzene rings is 2.